The molecule has 0 atom stereocenters. The van der Waals surface area contributed by atoms with Crippen LogP contribution in [-0.4, -0.2) is 25.4 Å². The monoisotopic (exact) mass is 367 g/mol. The van der Waals surface area contributed by atoms with E-state index in [2.05, 4.69) is 15.0 Å². The van der Waals surface area contributed by atoms with E-state index in [1.165, 1.54) is 18.2 Å². The van der Waals surface area contributed by atoms with Crippen LogP contribution in [-0.2, 0) is 16.6 Å². The summed E-state index contributed by atoms with van der Waals surface area (Å²) in [6.07, 6.45) is 3.25. The number of rotatable bonds is 6. The minimum Gasteiger partial charge on any atom is -0.348 e. The summed E-state index contributed by atoms with van der Waals surface area (Å²) in [5.74, 6) is -0.446. The summed E-state index contributed by atoms with van der Waals surface area (Å²) in [6.45, 7) is 3.73. The number of nitrogens with zero attached hydrogens (tertiary/aromatic N) is 1. The zero-order chi connectivity index (χ0) is 17.7. The zero-order valence-corrected chi connectivity index (χ0v) is 14.9. The first-order chi connectivity index (χ1) is 11.3. The van der Waals surface area contributed by atoms with Gasteiger partial charge in [0, 0.05) is 25.0 Å². The van der Waals surface area contributed by atoms with Gasteiger partial charge >= 0.3 is 0 Å². The van der Waals surface area contributed by atoms with E-state index in [1.54, 1.807) is 38.4 Å². The van der Waals surface area contributed by atoms with Crippen LogP contribution in [0.25, 0.3) is 0 Å². The lowest BCUT2D eigenvalue weighted by molar-refractivity contribution is 0.0951. The molecule has 0 radical (unpaired) electrons. The number of sulfonamides is 1. The number of pyridine rings is 1. The Hall–Kier alpha value is -1.96. The Labute approximate surface area is 146 Å². The maximum atomic E-state index is 12.3. The Bertz CT molecular complexity index is 824. The number of hydrogen-bond acceptors (Lipinski definition) is 4. The molecule has 1 aromatic heterocycles. The molecule has 6 nitrogen and oxygen atoms in total. The molecule has 0 saturated carbocycles. The molecule has 0 fully saturated rings. The Morgan fingerprint density at radius 1 is 1.21 bits per heavy atom. The normalized spacial score (nSPS) is 11.5. The molecule has 2 aromatic rings. The van der Waals surface area contributed by atoms with Gasteiger partial charge in [0.15, 0.2) is 0 Å². The van der Waals surface area contributed by atoms with E-state index in [-0.39, 0.29) is 21.5 Å². The molecule has 0 saturated heterocycles. The average Bonchev–Trinajstić information content (AvgIpc) is 2.52. The van der Waals surface area contributed by atoms with Gasteiger partial charge in [0.2, 0.25) is 10.0 Å². The highest BCUT2D eigenvalue weighted by Gasteiger charge is 2.19. The van der Waals surface area contributed by atoms with Crippen molar-refractivity contribution in [1.82, 2.24) is 15.0 Å². The minimum absolute atomic E-state index is 0.00494. The molecule has 128 valence electrons. The maximum absolute atomic E-state index is 12.3. The molecule has 0 aliphatic rings. The second-order valence-electron chi connectivity index (χ2n) is 5.46. The van der Waals surface area contributed by atoms with Crippen molar-refractivity contribution in [2.45, 2.75) is 31.3 Å². The molecule has 0 aliphatic carbocycles. The molecule has 8 heteroatoms. The molecule has 0 aliphatic heterocycles. The summed E-state index contributed by atoms with van der Waals surface area (Å²) in [5.41, 5.74) is 0.983. The minimum atomic E-state index is -3.70. The van der Waals surface area contributed by atoms with E-state index in [0.717, 1.165) is 5.56 Å². The van der Waals surface area contributed by atoms with E-state index < -0.39 is 15.9 Å². The van der Waals surface area contributed by atoms with Gasteiger partial charge in [0.1, 0.15) is 0 Å². The number of halogens is 1. The van der Waals surface area contributed by atoms with Gasteiger partial charge < -0.3 is 5.32 Å². The van der Waals surface area contributed by atoms with Crippen molar-refractivity contribution in [1.29, 1.82) is 0 Å². The summed E-state index contributed by atoms with van der Waals surface area (Å²) in [6, 6.07) is 7.33. The van der Waals surface area contributed by atoms with E-state index in [4.69, 9.17) is 11.6 Å². The van der Waals surface area contributed by atoms with Gasteiger partial charge in [0.25, 0.3) is 5.91 Å². The fourth-order valence-corrected chi connectivity index (χ4v) is 3.48. The van der Waals surface area contributed by atoms with E-state index in [9.17, 15) is 13.2 Å². The molecule has 24 heavy (non-hydrogen) atoms. The van der Waals surface area contributed by atoms with Crippen molar-refractivity contribution in [3.63, 3.8) is 0 Å². The summed E-state index contributed by atoms with van der Waals surface area (Å²) in [5, 5.41) is 2.89. The van der Waals surface area contributed by atoms with Gasteiger partial charge in [-0.15, -0.1) is 0 Å². The number of carbonyl (C=O) groups is 1. The van der Waals surface area contributed by atoms with Crippen molar-refractivity contribution >= 4 is 27.5 Å². The predicted octanol–water partition coefficient (Wildman–Crippen LogP) is 2.35. The lowest BCUT2D eigenvalue weighted by atomic mass is 10.2. The quantitative estimate of drug-likeness (QED) is 0.820. The highest BCUT2D eigenvalue weighted by atomic mass is 35.5. The first-order valence-electron chi connectivity index (χ1n) is 7.28. The predicted molar refractivity (Wildman–Crippen MR) is 92.3 cm³/mol. The van der Waals surface area contributed by atoms with Crippen LogP contribution >= 0.6 is 11.6 Å². The van der Waals surface area contributed by atoms with E-state index >= 15 is 0 Å². The summed E-state index contributed by atoms with van der Waals surface area (Å²) in [7, 11) is -3.70. The fourth-order valence-electron chi connectivity index (χ4n) is 2.00. The van der Waals surface area contributed by atoms with Crippen molar-refractivity contribution in [2.24, 2.45) is 0 Å². The second kappa shape index (κ2) is 7.74. The Morgan fingerprint density at radius 2 is 1.88 bits per heavy atom. The van der Waals surface area contributed by atoms with Crippen LogP contribution in [0.2, 0.25) is 5.02 Å². The number of benzene rings is 1. The lowest BCUT2D eigenvalue weighted by Crippen LogP contribution is -2.30. The van der Waals surface area contributed by atoms with Gasteiger partial charge in [-0.05, 0) is 49.7 Å². The largest absolute Gasteiger partial charge is 0.348 e. The van der Waals surface area contributed by atoms with Gasteiger partial charge in [0.05, 0.1) is 15.5 Å². The maximum Gasteiger partial charge on any atom is 0.253 e. The number of carbonyl (C=O) groups excluding carboxylic acids is 1. The first kappa shape index (κ1) is 18.4. The molecular weight excluding hydrogens is 350 g/mol. The fraction of sp³-hybridized carbons (Fsp3) is 0.250. The van der Waals surface area contributed by atoms with Crippen LogP contribution in [0.3, 0.4) is 0 Å². The Morgan fingerprint density at radius 3 is 2.50 bits per heavy atom. The van der Waals surface area contributed by atoms with Crippen molar-refractivity contribution in [2.75, 3.05) is 0 Å². The highest BCUT2D eigenvalue weighted by molar-refractivity contribution is 7.89. The molecule has 1 heterocycles. The van der Waals surface area contributed by atoms with E-state index in [0.29, 0.717) is 6.54 Å². The van der Waals surface area contributed by atoms with Crippen LogP contribution in [0.5, 0.6) is 0 Å². The van der Waals surface area contributed by atoms with Gasteiger partial charge in [-0.3, -0.25) is 9.78 Å². The van der Waals surface area contributed by atoms with E-state index in [1.807, 2.05) is 0 Å². The van der Waals surface area contributed by atoms with Crippen molar-refractivity contribution in [3.05, 3.63) is 58.9 Å². The van der Waals surface area contributed by atoms with Crippen molar-refractivity contribution in [3.8, 4) is 0 Å². The third-order valence-electron chi connectivity index (χ3n) is 3.09. The molecule has 0 bridgehead atoms. The molecule has 0 spiro atoms. The first-order valence-corrected chi connectivity index (χ1v) is 9.14. The summed E-state index contributed by atoms with van der Waals surface area (Å²) in [4.78, 5) is 16.2. The van der Waals surface area contributed by atoms with Gasteiger partial charge in [-0.25, -0.2) is 13.1 Å². The average molecular weight is 368 g/mol. The number of amides is 1. The van der Waals surface area contributed by atoms with Crippen LogP contribution < -0.4 is 10.0 Å². The van der Waals surface area contributed by atoms with Crippen LogP contribution in [0.4, 0.5) is 0 Å². The molecule has 2 rings (SSSR count). The third-order valence-corrected chi connectivity index (χ3v) is 5.07. The van der Waals surface area contributed by atoms with Crippen molar-refractivity contribution < 1.29 is 13.2 Å². The van der Waals surface area contributed by atoms with Crippen LogP contribution in [0.1, 0.15) is 29.8 Å². The van der Waals surface area contributed by atoms with Gasteiger partial charge in [-0.1, -0.05) is 11.6 Å². The highest BCUT2D eigenvalue weighted by Crippen LogP contribution is 2.21. The lowest BCUT2D eigenvalue weighted by Gasteiger charge is -2.12. The molecule has 0 unspecified atom stereocenters. The summed E-state index contributed by atoms with van der Waals surface area (Å²) < 4.78 is 26.9. The topological polar surface area (TPSA) is 88.2 Å². The standard InChI is InChI=1S/C16H18ClN3O3S/c1-11(2)20-24(22,23)13-3-4-15(17)14(9-13)16(21)19-10-12-5-7-18-8-6-12/h3-9,11,20H,10H2,1-2H3,(H,19,21). The summed E-state index contributed by atoms with van der Waals surface area (Å²) >= 11 is 6.04. The molecular formula is C16H18ClN3O3S. The number of nitrogens with one attached hydrogen (secondary N) is 2. The smallest absolute Gasteiger partial charge is 0.253 e. The third kappa shape index (κ3) is 4.77. The van der Waals surface area contributed by atoms with Gasteiger partial charge in [-0.2, -0.15) is 0 Å². The zero-order valence-electron chi connectivity index (χ0n) is 13.3. The Balaban J connectivity index is 2.20. The van der Waals surface area contributed by atoms with Crippen LogP contribution in [0.15, 0.2) is 47.6 Å². The molecule has 2 N–H and O–H groups in total. The SMILES string of the molecule is CC(C)NS(=O)(=O)c1ccc(Cl)c(C(=O)NCc2ccncc2)c1. The number of hydrogen-bond donors (Lipinski definition) is 2. The second-order valence-corrected chi connectivity index (χ2v) is 7.58. The molecule has 1 aromatic carbocycles. The van der Waals surface area contributed by atoms with Crippen LogP contribution in [0, 0.1) is 0 Å². The Kier molecular flexibility index (Phi) is 5.93. The number of aromatic nitrogens is 1. The molecule has 1 amide bonds.